The fourth-order valence-electron chi connectivity index (χ4n) is 1.52. The summed E-state index contributed by atoms with van der Waals surface area (Å²) >= 11 is 0. The monoisotopic (exact) mass is 270 g/mol. The fourth-order valence-corrected chi connectivity index (χ4v) is 1.52. The highest BCUT2D eigenvalue weighted by molar-refractivity contribution is 5.74. The zero-order valence-electron chi connectivity index (χ0n) is 10.9. The molecule has 1 aromatic carbocycles. The number of hydrogen-bond acceptors (Lipinski definition) is 3. The minimum absolute atomic E-state index is 0.0684. The molecule has 0 bridgehead atoms. The van der Waals surface area contributed by atoms with Gasteiger partial charge in [-0.1, -0.05) is 6.07 Å². The van der Waals surface area contributed by atoms with Crippen molar-refractivity contribution in [1.29, 1.82) is 0 Å². The number of likely N-dealkylation sites (N-methyl/N-ethyl adjacent to an activating group) is 1. The lowest BCUT2D eigenvalue weighted by atomic mass is 10.3. The summed E-state index contributed by atoms with van der Waals surface area (Å²) in [6, 6.07) is 5.58. The van der Waals surface area contributed by atoms with E-state index in [1.54, 1.807) is 12.1 Å². The molecule has 0 aromatic heterocycles. The quantitative estimate of drug-likeness (QED) is 0.733. The molecule has 0 saturated carbocycles. The first-order chi connectivity index (χ1) is 9.17. The van der Waals surface area contributed by atoms with Gasteiger partial charge in [0.05, 0.1) is 13.2 Å². The van der Waals surface area contributed by atoms with Gasteiger partial charge in [-0.05, 0) is 19.1 Å². The van der Waals surface area contributed by atoms with Crippen LogP contribution in [0.15, 0.2) is 24.3 Å². The number of ether oxygens (including phenoxy) is 1. The van der Waals surface area contributed by atoms with Gasteiger partial charge in [0.2, 0.25) is 0 Å². The maximum atomic E-state index is 12.9. The maximum absolute atomic E-state index is 12.9. The van der Waals surface area contributed by atoms with Crippen LogP contribution in [0.4, 0.5) is 9.18 Å². The Hall–Kier alpha value is -1.82. The summed E-state index contributed by atoms with van der Waals surface area (Å²) < 4.78 is 18.1. The topological polar surface area (TPSA) is 61.8 Å². The minimum atomic E-state index is -0.360. The fraction of sp³-hybridized carbons (Fsp3) is 0.462. The Morgan fingerprint density at radius 3 is 2.95 bits per heavy atom. The van der Waals surface area contributed by atoms with Gasteiger partial charge in [0.15, 0.2) is 0 Å². The summed E-state index contributed by atoms with van der Waals surface area (Å²) in [7, 11) is 0. The van der Waals surface area contributed by atoms with Crippen molar-refractivity contribution in [3.8, 4) is 5.75 Å². The molecule has 2 N–H and O–H groups in total. The Kier molecular flexibility index (Phi) is 6.67. The first-order valence-electron chi connectivity index (χ1n) is 6.19. The minimum Gasteiger partial charge on any atom is -0.492 e. The second-order valence-corrected chi connectivity index (χ2v) is 3.84. The molecule has 1 aromatic rings. The van der Waals surface area contributed by atoms with Crippen LogP contribution in [0.5, 0.6) is 5.75 Å². The predicted octanol–water partition coefficient (Wildman–Crippen LogP) is 1.23. The largest absolute Gasteiger partial charge is 0.492 e. The lowest BCUT2D eigenvalue weighted by Crippen LogP contribution is -2.42. The maximum Gasteiger partial charge on any atom is 0.317 e. The molecule has 0 aliphatic heterocycles. The Morgan fingerprint density at radius 1 is 1.53 bits per heavy atom. The number of aliphatic hydroxyl groups is 1. The van der Waals surface area contributed by atoms with Crippen LogP contribution in [0.25, 0.3) is 0 Å². The van der Waals surface area contributed by atoms with Crippen LogP contribution in [0.2, 0.25) is 0 Å². The number of rotatable bonds is 7. The molecule has 0 unspecified atom stereocenters. The molecule has 106 valence electrons. The van der Waals surface area contributed by atoms with E-state index in [1.165, 1.54) is 17.0 Å². The van der Waals surface area contributed by atoms with Crippen LogP contribution in [-0.2, 0) is 0 Å². The molecule has 6 heteroatoms. The second-order valence-electron chi connectivity index (χ2n) is 3.84. The molecular formula is C13H19FN2O3. The van der Waals surface area contributed by atoms with E-state index in [0.29, 0.717) is 25.4 Å². The van der Waals surface area contributed by atoms with Gasteiger partial charge in [-0.25, -0.2) is 9.18 Å². The van der Waals surface area contributed by atoms with Crippen LogP contribution in [0.3, 0.4) is 0 Å². The molecule has 0 spiro atoms. The number of urea groups is 1. The Labute approximate surface area is 112 Å². The van der Waals surface area contributed by atoms with E-state index in [-0.39, 0.29) is 25.1 Å². The summed E-state index contributed by atoms with van der Waals surface area (Å²) in [4.78, 5) is 13.1. The van der Waals surface area contributed by atoms with E-state index in [1.807, 2.05) is 6.92 Å². The average molecular weight is 270 g/mol. The van der Waals surface area contributed by atoms with Crippen molar-refractivity contribution in [1.82, 2.24) is 10.2 Å². The van der Waals surface area contributed by atoms with Gasteiger partial charge in [-0.2, -0.15) is 0 Å². The molecule has 0 aliphatic rings. The van der Waals surface area contributed by atoms with E-state index in [2.05, 4.69) is 5.32 Å². The van der Waals surface area contributed by atoms with Crippen molar-refractivity contribution in [3.05, 3.63) is 30.1 Å². The van der Waals surface area contributed by atoms with Gasteiger partial charge in [0, 0.05) is 19.2 Å². The summed E-state index contributed by atoms with van der Waals surface area (Å²) in [5.41, 5.74) is 0. The molecule has 2 amide bonds. The molecule has 0 saturated heterocycles. The van der Waals surface area contributed by atoms with Gasteiger partial charge in [0.25, 0.3) is 0 Å². The SMILES string of the molecule is CCN(CCO)C(=O)NCCOc1cccc(F)c1. The molecule has 0 heterocycles. The van der Waals surface area contributed by atoms with Gasteiger partial charge in [-0.3, -0.25) is 0 Å². The first-order valence-corrected chi connectivity index (χ1v) is 6.19. The van der Waals surface area contributed by atoms with E-state index in [9.17, 15) is 9.18 Å². The van der Waals surface area contributed by atoms with Crippen LogP contribution in [-0.4, -0.2) is 48.9 Å². The van der Waals surface area contributed by atoms with E-state index in [4.69, 9.17) is 9.84 Å². The Morgan fingerprint density at radius 2 is 2.32 bits per heavy atom. The number of carbonyl (C=O) groups is 1. The van der Waals surface area contributed by atoms with Gasteiger partial charge < -0.3 is 20.1 Å². The number of benzene rings is 1. The standard InChI is InChI=1S/C13H19FN2O3/c1-2-16(7-8-17)13(18)15-6-9-19-12-5-3-4-11(14)10-12/h3-5,10,17H,2,6-9H2,1H3,(H,15,18). The molecule has 5 nitrogen and oxygen atoms in total. The third-order valence-corrected chi connectivity index (χ3v) is 2.48. The Balaban J connectivity index is 2.25. The predicted molar refractivity (Wildman–Crippen MR) is 69.6 cm³/mol. The van der Waals surface area contributed by atoms with Crippen LogP contribution >= 0.6 is 0 Å². The highest BCUT2D eigenvalue weighted by Crippen LogP contribution is 2.11. The van der Waals surface area contributed by atoms with Crippen molar-refractivity contribution < 1.29 is 19.0 Å². The van der Waals surface area contributed by atoms with Crippen molar-refractivity contribution in [2.75, 3.05) is 32.8 Å². The highest BCUT2D eigenvalue weighted by atomic mass is 19.1. The van der Waals surface area contributed by atoms with Crippen LogP contribution in [0, 0.1) is 5.82 Å². The summed E-state index contributed by atoms with van der Waals surface area (Å²) in [6.45, 7) is 3.16. The number of carbonyl (C=O) groups excluding carboxylic acids is 1. The number of halogens is 1. The third-order valence-electron chi connectivity index (χ3n) is 2.48. The van der Waals surface area contributed by atoms with Crippen molar-refractivity contribution in [3.63, 3.8) is 0 Å². The average Bonchev–Trinajstić information content (AvgIpc) is 2.40. The lowest BCUT2D eigenvalue weighted by Gasteiger charge is -2.20. The summed E-state index contributed by atoms with van der Waals surface area (Å²) in [6.07, 6.45) is 0. The summed E-state index contributed by atoms with van der Waals surface area (Å²) in [5.74, 6) is 0.0681. The van der Waals surface area contributed by atoms with Crippen LogP contribution < -0.4 is 10.1 Å². The molecule has 0 fully saturated rings. The number of amides is 2. The zero-order valence-corrected chi connectivity index (χ0v) is 10.9. The molecule has 0 aliphatic carbocycles. The van der Waals surface area contributed by atoms with Crippen molar-refractivity contribution >= 4 is 6.03 Å². The van der Waals surface area contributed by atoms with E-state index in [0.717, 1.165) is 0 Å². The number of nitrogens with one attached hydrogen (secondary N) is 1. The second kappa shape index (κ2) is 8.31. The highest BCUT2D eigenvalue weighted by Gasteiger charge is 2.09. The first kappa shape index (κ1) is 15.2. The normalized spacial score (nSPS) is 10.1. The third kappa shape index (κ3) is 5.56. The van der Waals surface area contributed by atoms with Gasteiger partial charge >= 0.3 is 6.03 Å². The van der Waals surface area contributed by atoms with E-state index < -0.39 is 0 Å². The van der Waals surface area contributed by atoms with E-state index >= 15 is 0 Å². The number of aliphatic hydroxyl groups excluding tert-OH is 1. The zero-order chi connectivity index (χ0) is 14.1. The molecule has 1 rings (SSSR count). The smallest absolute Gasteiger partial charge is 0.317 e. The molecule has 0 atom stereocenters. The number of nitrogens with zero attached hydrogens (tertiary/aromatic N) is 1. The van der Waals surface area contributed by atoms with Crippen molar-refractivity contribution in [2.24, 2.45) is 0 Å². The Bertz CT molecular complexity index is 401. The van der Waals surface area contributed by atoms with Crippen molar-refractivity contribution in [2.45, 2.75) is 6.92 Å². The molecule has 0 radical (unpaired) electrons. The lowest BCUT2D eigenvalue weighted by molar-refractivity contribution is 0.178. The number of hydrogen-bond donors (Lipinski definition) is 2. The molecule has 19 heavy (non-hydrogen) atoms. The van der Waals surface area contributed by atoms with Gasteiger partial charge in [0.1, 0.15) is 18.2 Å². The van der Waals surface area contributed by atoms with Crippen LogP contribution in [0.1, 0.15) is 6.92 Å². The molecular weight excluding hydrogens is 251 g/mol. The van der Waals surface area contributed by atoms with Gasteiger partial charge in [-0.15, -0.1) is 0 Å². The summed E-state index contributed by atoms with van der Waals surface area (Å²) in [5, 5.41) is 11.4.